The number of H-pyrrole nitrogens is 1. The fourth-order valence-corrected chi connectivity index (χ4v) is 4.20. The second-order valence-electron chi connectivity index (χ2n) is 8.32. The minimum atomic E-state index is 0.590. The van der Waals surface area contributed by atoms with Crippen LogP contribution in [0.4, 0.5) is 5.82 Å². The molecule has 1 N–H and O–H groups in total. The van der Waals surface area contributed by atoms with Crippen LogP contribution in [0, 0.1) is 6.92 Å². The first kappa shape index (κ1) is 20.8. The Morgan fingerprint density at radius 3 is 2.42 bits per heavy atom. The maximum absolute atomic E-state index is 4.88. The lowest BCUT2D eigenvalue weighted by atomic mass is 9.96. The van der Waals surface area contributed by atoms with Crippen molar-refractivity contribution in [3.63, 3.8) is 0 Å². The van der Waals surface area contributed by atoms with Crippen LogP contribution in [-0.4, -0.2) is 49.3 Å². The minimum Gasteiger partial charge on any atom is -0.363 e. The first-order valence-electron chi connectivity index (χ1n) is 11.0. The van der Waals surface area contributed by atoms with Gasteiger partial charge in [-0.25, -0.2) is 4.98 Å². The van der Waals surface area contributed by atoms with Gasteiger partial charge in [0.15, 0.2) is 5.65 Å². The highest BCUT2D eigenvalue weighted by Crippen LogP contribution is 2.30. The maximum atomic E-state index is 4.88. The number of nitrogens with zero attached hydrogens (tertiary/aromatic N) is 7. The number of anilines is 1. The number of aromatic nitrogens is 7. The average Bonchev–Trinajstić information content (AvgIpc) is 3.48. The van der Waals surface area contributed by atoms with E-state index in [0.29, 0.717) is 5.82 Å². The second-order valence-corrected chi connectivity index (χ2v) is 8.32. The van der Waals surface area contributed by atoms with Gasteiger partial charge in [-0.05, 0) is 35.2 Å². The molecule has 0 saturated heterocycles. The number of hydrogen-bond acceptors (Lipinski definition) is 6. The van der Waals surface area contributed by atoms with Gasteiger partial charge in [0.2, 0.25) is 5.82 Å². The van der Waals surface area contributed by atoms with Crippen molar-refractivity contribution in [1.29, 1.82) is 0 Å². The van der Waals surface area contributed by atoms with Gasteiger partial charge < -0.3 is 4.90 Å². The lowest BCUT2D eigenvalue weighted by Crippen LogP contribution is -2.14. The summed E-state index contributed by atoms with van der Waals surface area (Å²) in [6.45, 7) is 4.18. The molecular weight excluding hydrogens is 412 g/mol. The number of aryl methyl sites for hydroxylation is 2. The number of aromatic amines is 1. The van der Waals surface area contributed by atoms with E-state index >= 15 is 0 Å². The molecule has 8 heteroatoms. The SMILES string of the molecule is CCc1nn2c(N(C)C)cc(C)nc2c1Cc1ccc(-c2ccccc2-c2nn[nH]n2)cc1. The van der Waals surface area contributed by atoms with Crippen molar-refractivity contribution in [2.45, 2.75) is 26.7 Å². The van der Waals surface area contributed by atoms with Crippen LogP contribution < -0.4 is 4.90 Å². The van der Waals surface area contributed by atoms with Gasteiger partial charge in [-0.2, -0.15) is 14.8 Å². The Balaban J connectivity index is 1.51. The molecule has 0 radical (unpaired) electrons. The molecule has 3 aromatic heterocycles. The van der Waals surface area contributed by atoms with Gasteiger partial charge in [-0.1, -0.05) is 55.5 Å². The van der Waals surface area contributed by atoms with Crippen LogP contribution in [0.1, 0.15) is 29.4 Å². The molecule has 166 valence electrons. The number of fused-ring (bicyclic) bond motifs is 1. The third-order valence-electron chi connectivity index (χ3n) is 5.83. The van der Waals surface area contributed by atoms with Gasteiger partial charge in [0.25, 0.3) is 0 Å². The topological polar surface area (TPSA) is 87.9 Å². The van der Waals surface area contributed by atoms with Crippen molar-refractivity contribution in [3.8, 4) is 22.5 Å². The summed E-state index contributed by atoms with van der Waals surface area (Å²) in [6, 6.07) is 18.8. The van der Waals surface area contributed by atoms with Crippen molar-refractivity contribution in [1.82, 2.24) is 35.2 Å². The van der Waals surface area contributed by atoms with Gasteiger partial charge in [-0.15, -0.1) is 10.2 Å². The normalized spacial score (nSPS) is 11.3. The fourth-order valence-electron chi connectivity index (χ4n) is 4.20. The lowest BCUT2D eigenvalue weighted by molar-refractivity contribution is 0.855. The van der Waals surface area contributed by atoms with Crippen LogP contribution in [0.5, 0.6) is 0 Å². The highest BCUT2D eigenvalue weighted by molar-refractivity contribution is 5.80. The van der Waals surface area contributed by atoms with E-state index in [1.54, 1.807) is 0 Å². The summed E-state index contributed by atoms with van der Waals surface area (Å²) in [5.74, 6) is 1.62. The molecule has 5 rings (SSSR count). The zero-order valence-electron chi connectivity index (χ0n) is 19.2. The largest absolute Gasteiger partial charge is 0.363 e. The van der Waals surface area contributed by atoms with Crippen molar-refractivity contribution >= 4 is 11.5 Å². The summed E-state index contributed by atoms with van der Waals surface area (Å²) in [6.07, 6.45) is 1.64. The van der Waals surface area contributed by atoms with Crippen LogP contribution >= 0.6 is 0 Å². The van der Waals surface area contributed by atoms with Crippen LogP contribution in [-0.2, 0) is 12.8 Å². The van der Waals surface area contributed by atoms with E-state index in [2.05, 4.69) is 68.8 Å². The summed E-state index contributed by atoms with van der Waals surface area (Å²) in [7, 11) is 4.07. The first-order valence-corrected chi connectivity index (χ1v) is 11.0. The fraction of sp³-hybridized carbons (Fsp3) is 0.240. The number of tetrazole rings is 1. The summed E-state index contributed by atoms with van der Waals surface area (Å²) < 4.78 is 1.97. The number of rotatable bonds is 6. The molecule has 33 heavy (non-hydrogen) atoms. The highest BCUT2D eigenvalue weighted by atomic mass is 15.5. The molecule has 0 spiro atoms. The van der Waals surface area contributed by atoms with E-state index in [-0.39, 0.29) is 0 Å². The van der Waals surface area contributed by atoms with Gasteiger partial charge >= 0.3 is 0 Å². The molecule has 0 fully saturated rings. The summed E-state index contributed by atoms with van der Waals surface area (Å²) in [5.41, 5.74) is 8.54. The molecule has 0 atom stereocenters. The van der Waals surface area contributed by atoms with E-state index in [4.69, 9.17) is 10.1 Å². The molecule has 0 aliphatic heterocycles. The molecule has 0 aliphatic rings. The van der Waals surface area contributed by atoms with Crippen LogP contribution in [0.2, 0.25) is 0 Å². The lowest BCUT2D eigenvalue weighted by Gasteiger charge is -2.14. The highest BCUT2D eigenvalue weighted by Gasteiger charge is 2.17. The van der Waals surface area contributed by atoms with E-state index < -0.39 is 0 Å². The Kier molecular flexibility index (Phi) is 5.34. The monoisotopic (exact) mass is 438 g/mol. The summed E-state index contributed by atoms with van der Waals surface area (Å²) in [4.78, 5) is 6.92. The summed E-state index contributed by atoms with van der Waals surface area (Å²) >= 11 is 0. The molecular formula is C25H26N8. The Morgan fingerprint density at radius 1 is 1.00 bits per heavy atom. The van der Waals surface area contributed by atoms with Crippen LogP contribution in [0.25, 0.3) is 28.2 Å². The van der Waals surface area contributed by atoms with E-state index in [0.717, 1.165) is 52.4 Å². The zero-order valence-corrected chi connectivity index (χ0v) is 19.2. The molecule has 0 aliphatic carbocycles. The molecule has 0 bridgehead atoms. The number of benzene rings is 2. The Hall–Kier alpha value is -4.07. The predicted octanol–water partition coefficient (Wildman–Crippen LogP) is 4.10. The quantitative estimate of drug-likeness (QED) is 0.429. The van der Waals surface area contributed by atoms with Gasteiger partial charge in [0.05, 0.1) is 5.69 Å². The molecule has 3 heterocycles. The Labute approximate surface area is 192 Å². The minimum absolute atomic E-state index is 0.590. The van der Waals surface area contributed by atoms with Crippen molar-refractivity contribution in [2.24, 2.45) is 0 Å². The van der Waals surface area contributed by atoms with Gasteiger partial charge in [-0.3, -0.25) is 0 Å². The molecule has 0 amide bonds. The Morgan fingerprint density at radius 2 is 1.76 bits per heavy atom. The standard InChI is InChI=1S/C25H26N8/c1-5-22-21(25-26-16(2)14-23(32(3)4)33(25)29-22)15-17-10-12-18(13-11-17)19-8-6-7-9-20(19)24-27-30-31-28-24/h6-14H,5,15H2,1-4H3,(H,27,28,30,31). The third-order valence-corrected chi connectivity index (χ3v) is 5.83. The van der Waals surface area contributed by atoms with E-state index in [9.17, 15) is 0 Å². The first-order chi connectivity index (χ1) is 16.0. The average molecular weight is 439 g/mol. The van der Waals surface area contributed by atoms with E-state index in [1.807, 2.05) is 43.7 Å². The summed E-state index contributed by atoms with van der Waals surface area (Å²) in [5, 5.41) is 19.4. The van der Waals surface area contributed by atoms with Gasteiger partial charge in [0, 0.05) is 43.4 Å². The number of nitrogens with one attached hydrogen (secondary N) is 1. The molecule has 0 unspecified atom stereocenters. The maximum Gasteiger partial charge on any atom is 0.205 e. The van der Waals surface area contributed by atoms with Crippen molar-refractivity contribution < 1.29 is 0 Å². The smallest absolute Gasteiger partial charge is 0.205 e. The zero-order chi connectivity index (χ0) is 22.9. The van der Waals surface area contributed by atoms with Crippen LogP contribution in [0.3, 0.4) is 0 Å². The predicted molar refractivity (Wildman–Crippen MR) is 129 cm³/mol. The van der Waals surface area contributed by atoms with Crippen LogP contribution in [0.15, 0.2) is 54.6 Å². The molecule has 2 aromatic carbocycles. The van der Waals surface area contributed by atoms with Crippen molar-refractivity contribution in [3.05, 3.63) is 77.1 Å². The van der Waals surface area contributed by atoms with E-state index in [1.165, 1.54) is 11.1 Å². The number of hydrogen-bond donors (Lipinski definition) is 1. The third kappa shape index (κ3) is 3.84. The van der Waals surface area contributed by atoms with Crippen molar-refractivity contribution in [2.75, 3.05) is 19.0 Å². The molecule has 0 saturated carbocycles. The Bertz CT molecular complexity index is 1400. The van der Waals surface area contributed by atoms with Gasteiger partial charge in [0.1, 0.15) is 5.82 Å². The molecule has 8 nitrogen and oxygen atoms in total. The molecule has 5 aromatic rings. The second kappa shape index (κ2) is 8.46.